The quantitative estimate of drug-likeness (QED) is 0.484. The highest BCUT2D eigenvalue weighted by atomic mass is 35.5. The minimum atomic E-state index is -0.734. The van der Waals surface area contributed by atoms with Crippen LogP contribution in [0.3, 0.4) is 0 Å². The number of carbonyl (C=O) groups is 1. The summed E-state index contributed by atoms with van der Waals surface area (Å²) in [7, 11) is 0. The zero-order valence-electron chi connectivity index (χ0n) is 9.21. The predicted octanol–water partition coefficient (Wildman–Crippen LogP) is 3.75. The molecule has 0 amide bonds. The molecule has 0 spiro atoms. The number of nitriles is 1. The van der Waals surface area contributed by atoms with Crippen LogP contribution in [0, 0.1) is 18.3 Å². The van der Waals surface area contributed by atoms with Crippen molar-refractivity contribution in [2.45, 2.75) is 13.8 Å². The highest BCUT2D eigenvalue weighted by Gasteiger charge is 2.20. The molecule has 0 radical (unpaired) electrons. The van der Waals surface area contributed by atoms with Crippen molar-refractivity contribution in [3.8, 4) is 6.07 Å². The van der Waals surface area contributed by atoms with Crippen molar-refractivity contribution < 1.29 is 9.53 Å². The molecular formula is C11H9Cl2NO2S. The molecule has 0 unspecified atom stereocenters. The van der Waals surface area contributed by atoms with Crippen molar-refractivity contribution in [3.05, 3.63) is 26.4 Å². The highest BCUT2D eigenvalue weighted by molar-refractivity contribution is 7.13. The number of aryl methyl sites for hydroxylation is 1. The van der Waals surface area contributed by atoms with Gasteiger partial charge in [0.2, 0.25) is 0 Å². The number of ether oxygens (including phenoxy) is 1. The summed E-state index contributed by atoms with van der Waals surface area (Å²) in [5, 5.41) is 11.2. The minimum absolute atomic E-state index is 0.0362. The molecule has 0 bridgehead atoms. The van der Waals surface area contributed by atoms with Gasteiger partial charge in [-0.05, 0) is 24.8 Å². The molecule has 0 atom stereocenters. The fourth-order valence-electron chi connectivity index (χ4n) is 1.08. The van der Waals surface area contributed by atoms with Gasteiger partial charge in [0.05, 0.1) is 21.5 Å². The third-order valence-electron chi connectivity index (χ3n) is 1.91. The molecule has 0 aliphatic rings. The third-order valence-corrected chi connectivity index (χ3v) is 4.11. The highest BCUT2D eigenvalue weighted by Crippen LogP contribution is 2.36. The van der Waals surface area contributed by atoms with E-state index in [-0.39, 0.29) is 17.2 Å². The maximum atomic E-state index is 11.5. The number of esters is 1. The van der Waals surface area contributed by atoms with E-state index >= 15 is 0 Å². The fourth-order valence-corrected chi connectivity index (χ4v) is 2.70. The first-order valence-electron chi connectivity index (χ1n) is 4.73. The van der Waals surface area contributed by atoms with Gasteiger partial charge in [-0.25, -0.2) is 4.79 Å². The largest absolute Gasteiger partial charge is 0.462 e. The summed E-state index contributed by atoms with van der Waals surface area (Å²) in [5.74, 6) is -0.734. The van der Waals surface area contributed by atoms with Gasteiger partial charge in [0.15, 0.2) is 5.57 Å². The summed E-state index contributed by atoms with van der Waals surface area (Å²) in [6.07, 6.45) is 0. The Labute approximate surface area is 113 Å². The summed E-state index contributed by atoms with van der Waals surface area (Å²) >= 11 is 13.3. The molecular weight excluding hydrogens is 281 g/mol. The van der Waals surface area contributed by atoms with Crippen LogP contribution in [0.15, 0.2) is 11.0 Å². The normalized spacial score (nSPS) is 11.7. The number of hydrogen-bond acceptors (Lipinski definition) is 4. The van der Waals surface area contributed by atoms with Crippen LogP contribution in [0.2, 0.25) is 5.02 Å². The summed E-state index contributed by atoms with van der Waals surface area (Å²) in [6.45, 7) is 3.66. The molecule has 0 N–H and O–H groups in total. The average Bonchev–Trinajstić information content (AvgIpc) is 2.61. The first-order valence-corrected chi connectivity index (χ1v) is 6.37. The Bertz CT molecular complexity index is 514. The van der Waals surface area contributed by atoms with E-state index in [4.69, 9.17) is 33.2 Å². The Kier molecular flexibility index (Phi) is 5.01. The van der Waals surface area contributed by atoms with E-state index in [1.807, 2.05) is 6.92 Å². The fraction of sp³-hybridized carbons (Fsp3) is 0.273. The van der Waals surface area contributed by atoms with Gasteiger partial charge in [-0.1, -0.05) is 23.2 Å². The number of halogens is 2. The van der Waals surface area contributed by atoms with Crippen LogP contribution >= 0.6 is 34.5 Å². The van der Waals surface area contributed by atoms with Gasteiger partial charge < -0.3 is 4.74 Å². The lowest BCUT2D eigenvalue weighted by molar-refractivity contribution is -0.137. The third kappa shape index (κ3) is 3.01. The molecule has 17 heavy (non-hydrogen) atoms. The van der Waals surface area contributed by atoms with E-state index < -0.39 is 5.97 Å². The number of nitrogens with zero attached hydrogens (tertiary/aromatic N) is 1. The Hall–Kier alpha value is -1.02. The molecule has 1 rings (SSSR count). The van der Waals surface area contributed by atoms with Gasteiger partial charge >= 0.3 is 5.97 Å². The molecule has 0 saturated carbocycles. The molecule has 1 aromatic rings. The summed E-state index contributed by atoms with van der Waals surface area (Å²) < 4.78 is 4.74. The first kappa shape index (κ1) is 14.0. The van der Waals surface area contributed by atoms with Crippen molar-refractivity contribution in [2.75, 3.05) is 6.61 Å². The topological polar surface area (TPSA) is 50.1 Å². The van der Waals surface area contributed by atoms with Crippen molar-refractivity contribution in [2.24, 2.45) is 0 Å². The molecule has 90 valence electrons. The molecule has 0 saturated heterocycles. The second-order valence-electron chi connectivity index (χ2n) is 3.08. The van der Waals surface area contributed by atoms with E-state index in [1.165, 1.54) is 11.3 Å². The smallest absolute Gasteiger partial charge is 0.350 e. The van der Waals surface area contributed by atoms with Gasteiger partial charge in [0, 0.05) is 0 Å². The van der Waals surface area contributed by atoms with Crippen molar-refractivity contribution in [3.63, 3.8) is 0 Å². The summed E-state index contributed by atoms with van der Waals surface area (Å²) in [6, 6.07) is 1.74. The second kappa shape index (κ2) is 6.06. The second-order valence-corrected chi connectivity index (χ2v) is 4.72. The standard InChI is InChI=1S/C11H9Cl2NO2S/c1-3-16-11(15)7(4-14)9(13)10-8(12)6(2)5-17-10/h5H,3H2,1-2H3/b9-7-. The minimum Gasteiger partial charge on any atom is -0.462 e. The molecule has 1 heterocycles. The van der Waals surface area contributed by atoms with Crippen molar-refractivity contribution in [1.82, 2.24) is 0 Å². The van der Waals surface area contributed by atoms with Crippen LogP contribution in [0.1, 0.15) is 17.4 Å². The van der Waals surface area contributed by atoms with Gasteiger partial charge in [-0.2, -0.15) is 5.26 Å². The van der Waals surface area contributed by atoms with Crippen LogP contribution in [-0.4, -0.2) is 12.6 Å². The maximum Gasteiger partial charge on any atom is 0.350 e. The lowest BCUT2D eigenvalue weighted by Crippen LogP contribution is -2.07. The Balaban J connectivity index is 3.23. The Morgan fingerprint density at radius 1 is 1.65 bits per heavy atom. The molecule has 1 aromatic heterocycles. The van der Waals surface area contributed by atoms with E-state index in [1.54, 1.807) is 18.4 Å². The van der Waals surface area contributed by atoms with Crippen LogP contribution in [-0.2, 0) is 9.53 Å². The lowest BCUT2D eigenvalue weighted by atomic mass is 10.2. The Morgan fingerprint density at radius 3 is 2.71 bits per heavy atom. The number of thiophene rings is 1. The van der Waals surface area contributed by atoms with Crippen molar-refractivity contribution in [1.29, 1.82) is 5.26 Å². The average molecular weight is 290 g/mol. The molecule has 0 aliphatic carbocycles. The van der Waals surface area contributed by atoms with Gasteiger partial charge in [-0.3, -0.25) is 0 Å². The Morgan fingerprint density at radius 2 is 2.29 bits per heavy atom. The van der Waals surface area contributed by atoms with E-state index in [2.05, 4.69) is 0 Å². The number of hydrogen-bond donors (Lipinski definition) is 0. The molecule has 0 aliphatic heterocycles. The van der Waals surface area contributed by atoms with Gasteiger partial charge in [-0.15, -0.1) is 11.3 Å². The maximum absolute atomic E-state index is 11.5. The van der Waals surface area contributed by atoms with E-state index in [0.29, 0.717) is 9.90 Å². The molecule has 0 fully saturated rings. The van der Waals surface area contributed by atoms with Crippen LogP contribution in [0.25, 0.3) is 5.03 Å². The van der Waals surface area contributed by atoms with Gasteiger partial charge in [0.1, 0.15) is 6.07 Å². The summed E-state index contributed by atoms with van der Waals surface area (Å²) in [5.41, 5.74) is 0.628. The predicted molar refractivity (Wildman–Crippen MR) is 69.1 cm³/mol. The molecule has 0 aromatic carbocycles. The van der Waals surface area contributed by atoms with Gasteiger partial charge in [0.25, 0.3) is 0 Å². The number of rotatable bonds is 3. The zero-order valence-corrected chi connectivity index (χ0v) is 11.5. The first-order chi connectivity index (χ1) is 8.02. The lowest BCUT2D eigenvalue weighted by Gasteiger charge is -2.02. The van der Waals surface area contributed by atoms with Crippen LogP contribution < -0.4 is 0 Å². The number of carbonyl (C=O) groups excluding carboxylic acids is 1. The van der Waals surface area contributed by atoms with Crippen molar-refractivity contribution >= 4 is 45.5 Å². The SMILES string of the molecule is CCOC(=O)/C(C#N)=C(\Cl)c1scc(C)c1Cl. The monoisotopic (exact) mass is 289 g/mol. The zero-order chi connectivity index (χ0) is 13.0. The van der Waals surface area contributed by atoms with E-state index in [9.17, 15) is 4.79 Å². The molecule has 3 nitrogen and oxygen atoms in total. The molecule has 6 heteroatoms. The summed E-state index contributed by atoms with van der Waals surface area (Å²) in [4.78, 5) is 12.0. The van der Waals surface area contributed by atoms with Crippen LogP contribution in [0.5, 0.6) is 0 Å². The van der Waals surface area contributed by atoms with Crippen LogP contribution in [0.4, 0.5) is 0 Å². The van der Waals surface area contributed by atoms with E-state index in [0.717, 1.165) is 5.56 Å².